The normalized spacial score (nSPS) is 11.0. The fraction of sp³-hybridized carbons (Fsp3) is 0.139. The van der Waals surface area contributed by atoms with Gasteiger partial charge in [0.15, 0.2) is 11.5 Å². The molecule has 4 rings (SSSR count). The van der Waals surface area contributed by atoms with Gasteiger partial charge in [-0.2, -0.15) is 5.26 Å². The SMILES string of the molecule is CC(C)Oc1c(NC(=O)c2ccc(NC(=O)[C@H](CC(N)=O)NC(=O)c3ccc(NC(=O)c4ccc(C#N)cc4)cc3)cc2)ccc(C(=O)O)c1O. The Hall–Kier alpha value is -7.21. The van der Waals surface area contributed by atoms with Gasteiger partial charge in [0.1, 0.15) is 11.6 Å². The third-order valence-electron chi connectivity index (χ3n) is 7.09. The standard InChI is InChI=1S/C36H32N6O9/c1-19(2)51-31-27(16-15-26(30(31)44)36(49)50)41-33(46)22-9-13-25(14-10-22)40-35(48)28(17-29(38)43)42-34(47)23-7-11-24(12-8-23)39-32(45)21-5-3-20(18-37)4-6-21/h3-16,19,28,44H,17H2,1-2H3,(H2,38,43)(H,39,45)(H,40,48)(H,41,46)(H,42,47)(H,49,50)/t28-/m0/s1. The Morgan fingerprint density at radius 1 is 0.745 bits per heavy atom. The van der Waals surface area contributed by atoms with E-state index in [9.17, 15) is 39.0 Å². The Morgan fingerprint density at radius 2 is 1.25 bits per heavy atom. The van der Waals surface area contributed by atoms with Crippen LogP contribution in [0.2, 0.25) is 0 Å². The Balaban J connectivity index is 1.39. The van der Waals surface area contributed by atoms with Crippen LogP contribution in [0.15, 0.2) is 84.9 Å². The van der Waals surface area contributed by atoms with Crippen LogP contribution in [-0.2, 0) is 9.59 Å². The van der Waals surface area contributed by atoms with Crippen molar-refractivity contribution in [2.24, 2.45) is 5.73 Å². The molecule has 0 aliphatic rings. The molecule has 0 saturated heterocycles. The van der Waals surface area contributed by atoms with Gasteiger partial charge < -0.3 is 42.0 Å². The fourth-order valence-corrected chi connectivity index (χ4v) is 4.58. The number of anilines is 3. The first-order valence-electron chi connectivity index (χ1n) is 15.2. The molecule has 0 saturated carbocycles. The number of nitrogens with zero attached hydrogens (tertiary/aromatic N) is 1. The molecule has 0 aromatic heterocycles. The van der Waals surface area contributed by atoms with Crippen LogP contribution in [0.3, 0.4) is 0 Å². The topological polar surface area (TPSA) is 250 Å². The van der Waals surface area contributed by atoms with Crippen LogP contribution in [0.5, 0.6) is 11.5 Å². The van der Waals surface area contributed by atoms with Crippen molar-refractivity contribution in [3.63, 3.8) is 0 Å². The van der Waals surface area contributed by atoms with Crippen molar-refractivity contribution in [3.8, 4) is 17.6 Å². The van der Waals surface area contributed by atoms with Crippen molar-refractivity contribution < 1.29 is 43.7 Å². The van der Waals surface area contributed by atoms with Crippen LogP contribution in [0.1, 0.15) is 67.3 Å². The highest BCUT2D eigenvalue weighted by Gasteiger charge is 2.25. The van der Waals surface area contributed by atoms with E-state index < -0.39 is 65.4 Å². The smallest absolute Gasteiger partial charge is 0.339 e. The van der Waals surface area contributed by atoms with Crippen LogP contribution in [0.4, 0.5) is 17.1 Å². The molecule has 1 atom stereocenters. The van der Waals surface area contributed by atoms with Crippen molar-refractivity contribution in [2.45, 2.75) is 32.4 Å². The van der Waals surface area contributed by atoms with Gasteiger partial charge in [-0.1, -0.05) is 0 Å². The molecule has 260 valence electrons. The lowest BCUT2D eigenvalue weighted by atomic mass is 10.1. The predicted octanol–water partition coefficient (Wildman–Crippen LogP) is 3.87. The Bertz CT molecular complexity index is 2020. The number of carboxylic acids is 1. The number of phenols is 1. The van der Waals surface area contributed by atoms with Gasteiger partial charge in [-0.15, -0.1) is 0 Å². The number of nitrogens with one attached hydrogen (secondary N) is 4. The third-order valence-corrected chi connectivity index (χ3v) is 7.09. The average molecular weight is 693 g/mol. The molecule has 0 fully saturated rings. The van der Waals surface area contributed by atoms with E-state index in [1.54, 1.807) is 13.8 Å². The molecule has 8 N–H and O–H groups in total. The molecule has 0 bridgehead atoms. The van der Waals surface area contributed by atoms with Crippen LogP contribution in [0.25, 0.3) is 0 Å². The third kappa shape index (κ3) is 9.67. The van der Waals surface area contributed by atoms with Gasteiger partial charge in [0.05, 0.1) is 29.8 Å². The molecule has 15 heteroatoms. The molecule has 4 aromatic carbocycles. The highest BCUT2D eigenvalue weighted by molar-refractivity contribution is 6.07. The maximum Gasteiger partial charge on any atom is 0.339 e. The number of carbonyl (C=O) groups is 6. The summed E-state index contributed by atoms with van der Waals surface area (Å²) in [6.45, 7) is 3.32. The van der Waals surface area contributed by atoms with Crippen LogP contribution in [-0.4, -0.2) is 57.9 Å². The van der Waals surface area contributed by atoms with Crippen LogP contribution < -0.4 is 31.7 Å². The number of hydrogen-bond donors (Lipinski definition) is 7. The zero-order valence-electron chi connectivity index (χ0n) is 27.2. The van der Waals surface area contributed by atoms with Crippen molar-refractivity contribution in [1.82, 2.24) is 5.32 Å². The number of nitriles is 1. The molecule has 0 radical (unpaired) electrons. The number of amides is 5. The minimum Gasteiger partial charge on any atom is -0.504 e. The molecule has 0 aliphatic heterocycles. The lowest BCUT2D eigenvalue weighted by Gasteiger charge is -2.18. The number of benzene rings is 4. The monoisotopic (exact) mass is 692 g/mol. The first kappa shape index (κ1) is 36.6. The van der Waals surface area contributed by atoms with Crippen LogP contribution >= 0.6 is 0 Å². The summed E-state index contributed by atoms with van der Waals surface area (Å²) in [6, 6.07) is 20.4. The minimum atomic E-state index is -1.38. The van der Waals surface area contributed by atoms with Gasteiger partial charge in [-0.25, -0.2) is 4.79 Å². The van der Waals surface area contributed by atoms with E-state index in [4.69, 9.17) is 15.7 Å². The van der Waals surface area contributed by atoms with E-state index in [-0.39, 0.29) is 28.3 Å². The van der Waals surface area contributed by atoms with E-state index >= 15 is 0 Å². The maximum absolute atomic E-state index is 13.1. The zero-order chi connectivity index (χ0) is 37.2. The summed E-state index contributed by atoms with van der Waals surface area (Å²) in [6.07, 6.45) is -0.978. The minimum absolute atomic E-state index is 0.0288. The molecule has 0 spiro atoms. The van der Waals surface area contributed by atoms with Gasteiger partial charge >= 0.3 is 5.97 Å². The van der Waals surface area contributed by atoms with E-state index in [2.05, 4.69) is 21.3 Å². The lowest BCUT2D eigenvalue weighted by Crippen LogP contribution is -2.46. The molecule has 15 nitrogen and oxygen atoms in total. The second kappa shape index (κ2) is 16.3. The van der Waals surface area contributed by atoms with Crippen molar-refractivity contribution in [3.05, 3.63) is 113 Å². The molecule has 5 amide bonds. The van der Waals surface area contributed by atoms with Gasteiger partial charge in [0.25, 0.3) is 17.7 Å². The first-order chi connectivity index (χ1) is 24.2. The van der Waals surface area contributed by atoms with E-state index in [1.807, 2.05) is 6.07 Å². The number of nitrogens with two attached hydrogens (primary N) is 1. The Kier molecular flexibility index (Phi) is 11.7. The lowest BCUT2D eigenvalue weighted by molar-refractivity contribution is -0.123. The van der Waals surface area contributed by atoms with Crippen molar-refractivity contribution in [2.75, 3.05) is 16.0 Å². The second-order valence-electron chi connectivity index (χ2n) is 11.2. The molecular weight excluding hydrogens is 660 g/mol. The summed E-state index contributed by atoms with van der Waals surface area (Å²) in [5.74, 6) is -5.63. The second-order valence-corrected chi connectivity index (χ2v) is 11.2. The number of aromatic carboxylic acids is 1. The largest absolute Gasteiger partial charge is 0.504 e. The summed E-state index contributed by atoms with van der Waals surface area (Å²) in [5.41, 5.74) is 6.53. The summed E-state index contributed by atoms with van der Waals surface area (Å²) >= 11 is 0. The summed E-state index contributed by atoms with van der Waals surface area (Å²) < 4.78 is 5.55. The maximum atomic E-state index is 13.1. The number of aromatic hydroxyl groups is 1. The van der Waals surface area contributed by atoms with Gasteiger partial charge in [0.2, 0.25) is 11.8 Å². The number of carbonyl (C=O) groups excluding carboxylic acids is 5. The summed E-state index contributed by atoms with van der Waals surface area (Å²) in [7, 11) is 0. The first-order valence-corrected chi connectivity index (χ1v) is 15.2. The Morgan fingerprint density at radius 3 is 1.76 bits per heavy atom. The number of rotatable bonds is 13. The number of hydrogen-bond acceptors (Lipinski definition) is 9. The molecular formula is C36H32N6O9. The van der Waals surface area contributed by atoms with Crippen molar-refractivity contribution in [1.29, 1.82) is 5.26 Å². The molecule has 0 aliphatic carbocycles. The van der Waals surface area contributed by atoms with E-state index in [0.29, 0.717) is 16.8 Å². The summed E-state index contributed by atoms with van der Waals surface area (Å²) in [4.78, 5) is 74.7. The summed E-state index contributed by atoms with van der Waals surface area (Å²) in [5, 5.41) is 38.9. The van der Waals surface area contributed by atoms with Gasteiger partial charge in [0, 0.05) is 28.1 Å². The zero-order valence-corrected chi connectivity index (χ0v) is 27.2. The quantitative estimate of drug-likeness (QED) is 0.107. The van der Waals surface area contributed by atoms with Gasteiger partial charge in [-0.3, -0.25) is 24.0 Å². The highest BCUT2D eigenvalue weighted by Crippen LogP contribution is 2.38. The Labute approximate surface area is 291 Å². The fourth-order valence-electron chi connectivity index (χ4n) is 4.58. The van der Waals surface area contributed by atoms with E-state index in [0.717, 1.165) is 6.07 Å². The number of primary amides is 1. The average Bonchev–Trinajstić information content (AvgIpc) is 3.09. The molecule has 51 heavy (non-hydrogen) atoms. The number of carboxylic acid groups (broad SMARTS) is 1. The molecule has 4 aromatic rings. The molecule has 0 heterocycles. The highest BCUT2D eigenvalue weighted by atomic mass is 16.5. The van der Waals surface area contributed by atoms with Gasteiger partial charge in [-0.05, 0) is 98.8 Å². The molecule has 0 unspecified atom stereocenters. The predicted molar refractivity (Wildman–Crippen MR) is 184 cm³/mol. The van der Waals surface area contributed by atoms with Crippen molar-refractivity contribution >= 4 is 52.6 Å². The number of ether oxygens (including phenoxy) is 1. The van der Waals surface area contributed by atoms with E-state index in [1.165, 1.54) is 78.9 Å². The van der Waals surface area contributed by atoms with Crippen LogP contribution in [0, 0.1) is 11.3 Å².